The Balaban J connectivity index is 4.47. The average molecular weight is 215 g/mol. The van der Waals surface area contributed by atoms with Crippen molar-refractivity contribution in [2.24, 2.45) is 17.4 Å². The summed E-state index contributed by atoms with van der Waals surface area (Å²) in [5.41, 5.74) is 10.7. The van der Waals surface area contributed by atoms with E-state index >= 15 is 0 Å². The molecule has 1 atom stereocenters. The molecule has 0 aromatic rings. The Kier molecular flexibility index (Phi) is 5.93. The lowest BCUT2D eigenvalue weighted by atomic mass is 10.1. The fourth-order valence-corrected chi connectivity index (χ4v) is 1.27. The van der Waals surface area contributed by atoms with Crippen LogP contribution < -0.4 is 11.5 Å². The number of nitrogens with zero attached hydrogens (tertiary/aromatic N) is 1. The minimum atomic E-state index is -0.539. The van der Waals surface area contributed by atoms with Gasteiger partial charge >= 0.3 is 0 Å². The highest BCUT2D eigenvalue weighted by Gasteiger charge is 2.21. The normalized spacial score (nSPS) is 12.6. The SMILES string of the molecule is CC[C@H](N)C(=O)N(CC(N)=O)CC(C)C. The highest BCUT2D eigenvalue weighted by Crippen LogP contribution is 2.02. The fraction of sp³-hybridized carbons (Fsp3) is 0.800. The highest BCUT2D eigenvalue weighted by molar-refractivity contribution is 5.86. The zero-order chi connectivity index (χ0) is 12.0. The van der Waals surface area contributed by atoms with Crippen molar-refractivity contribution in [3.63, 3.8) is 0 Å². The van der Waals surface area contributed by atoms with Crippen molar-refractivity contribution in [2.75, 3.05) is 13.1 Å². The predicted octanol–water partition coefficient (Wildman–Crippen LogP) is -0.306. The molecular formula is C10H21N3O2. The van der Waals surface area contributed by atoms with Crippen LogP contribution in [0.25, 0.3) is 0 Å². The third-order valence-corrected chi connectivity index (χ3v) is 2.00. The van der Waals surface area contributed by atoms with Crippen LogP contribution >= 0.6 is 0 Å². The van der Waals surface area contributed by atoms with Gasteiger partial charge in [0.05, 0.1) is 12.6 Å². The van der Waals surface area contributed by atoms with E-state index in [0.29, 0.717) is 13.0 Å². The van der Waals surface area contributed by atoms with Crippen LogP contribution in [-0.4, -0.2) is 35.8 Å². The quantitative estimate of drug-likeness (QED) is 0.637. The van der Waals surface area contributed by atoms with Crippen molar-refractivity contribution in [2.45, 2.75) is 33.2 Å². The Hall–Kier alpha value is -1.10. The maximum Gasteiger partial charge on any atom is 0.239 e. The smallest absolute Gasteiger partial charge is 0.239 e. The van der Waals surface area contributed by atoms with Crippen LogP contribution in [0, 0.1) is 5.92 Å². The molecule has 0 radical (unpaired) electrons. The Morgan fingerprint density at radius 1 is 1.33 bits per heavy atom. The van der Waals surface area contributed by atoms with Gasteiger partial charge in [0.15, 0.2) is 0 Å². The third kappa shape index (κ3) is 5.37. The Morgan fingerprint density at radius 3 is 2.20 bits per heavy atom. The van der Waals surface area contributed by atoms with Gasteiger partial charge in [-0.3, -0.25) is 9.59 Å². The molecule has 0 aromatic heterocycles. The summed E-state index contributed by atoms with van der Waals surface area (Å²) in [6.07, 6.45) is 0.562. The maximum atomic E-state index is 11.7. The number of amides is 2. The minimum absolute atomic E-state index is 0.0509. The number of carbonyl (C=O) groups excluding carboxylic acids is 2. The highest BCUT2D eigenvalue weighted by atomic mass is 16.2. The summed E-state index contributed by atoms with van der Waals surface area (Å²) in [6.45, 7) is 6.23. The lowest BCUT2D eigenvalue weighted by Crippen LogP contribution is -2.48. The van der Waals surface area contributed by atoms with Gasteiger partial charge in [-0.15, -0.1) is 0 Å². The van der Waals surface area contributed by atoms with Gasteiger partial charge in [-0.2, -0.15) is 0 Å². The molecule has 0 aliphatic carbocycles. The molecule has 5 heteroatoms. The molecule has 88 valence electrons. The van der Waals surface area contributed by atoms with Gasteiger partial charge in [-0.05, 0) is 12.3 Å². The molecule has 0 unspecified atom stereocenters. The molecule has 0 bridgehead atoms. The Labute approximate surface area is 90.8 Å². The van der Waals surface area contributed by atoms with Crippen molar-refractivity contribution >= 4 is 11.8 Å². The Morgan fingerprint density at radius 2 is 1.87 bits per heavy atom. The summed E-state index contributed by atoms with van der Waals surface area (Å²) >= 11 is 0. The zero-order valence-corrected chi connectivity index (χ0v) is 9.69. The molecule has 15 heavy (non-hydrogen) atoms. The van der Waals surface area contributed by atoms with Gasteiger partial charge in [0.2, 0.25) is 11.8 Å². The van der Waals surface area contributed by atoms with Crippen LogP contribution in [0.2, 0.25) is 0 Å². The monoisotopic (exact) mass is 215 g/mol. The summed E-state index contributed by atoms with van der Waals surface area (Å²) in [5.74, 6) is -0.422. The summed E-state index contributed by atoms with van der Waals surface area (Å²) in [7, 11) is 0. The van der Waals surface area contributed by atoms with Crippen LogP contribution in [0.4, 0.5) is 0 Å². The molecule has 0 aliphatic heterocycles. The summed E-state index contributed by atoms with van der Waals surface area (Å²) in [4.78, 5) is 24.0. The van der Waals surface area contributed by atoms with Gasteiger partial charge in [-0.1, -0.05) is 20.8 Å². The second-order valence-electron chi connectivity index (χ2n) is 4.09. The third-order valence-electron chi connectivity index (χ3n) is 2.00. The van der Waals surface area contributed by atoms with Gasteiger partial charge in [0.25, 0.3) is 0 Å². The molecule has 4 N–H and O–H groups in total. The second-order valence-corrected chi connectivity index (χ2v) is 4.09. The van der Waals surface area contributed by atoms with Crippen LogP contribution in [0.15, 0.2) is 0 Å². The lowest BCUT2D eigenvalue weighted by Gasteiger charge is -2.25. The van der Waals surface area contributed by atoms with Crippen LogP contribution in [-0.2, 0) is 9.59 Å². The van der Waals surface area contributed by atoms with Crippen molar-refractivity contribution in [1.82, 2.24) is 4.90 Å². The van der Waals surface area contributed by atoms with E-state index in [-0.39, 0.29) is 18.4 Å². The summed E-state index contributed by atoms with van der Waals surface area (Å²) in [6, 6.07) is -0.539. The number of hydrogen-bond donors (Lipinski definition) is 2. The molecule has 0 heterocycles. The average Bonchev–Trinajstić information content (AvgIpc) is 2.13. The first-order valence-electron chi connectivity index (χ1n) is 5.21. The van der Waals surface area contributed by atoms with E-state index in [4.69, 9.17) is 11.5 Å². The molecule has 0 spiro atoms. The van der Waals surface area contributed by atoms with Gasteiger partial charge in [0.1, 0.15) is 0 Å². The topological polar surface area (TPSA) is 89.4 Å². The molecule has 0 saturated carbocycles. The first kappa shape index (κ1) is 13.9. The van der Waals surface area contributed by atoms with Crippen molar-refractivity contribution < 1.29 is 9.59 Å². The minimum Gasteiger partial charge on any atom is -0.368 e. The number of primary amides is 1. The van der Waals surface area contributed by atoms with E-state index in [1.165, 1.54) is 4.90 Å². The molecule has 0 saturated heterocycles. The lowest BCUT2D eigenvalue weighted by molar-refractivity contribution is -0.136. The van der Waals surface area contributed by atoms with Crippen LogP contribution in [0.1, 0.15) is 27.2 Å². The van der Waals surface area contributed by atoms with Crippen molar-refractivity contribution in [3.8, 4) is 0 Å². The van der Waals surface area contributed by atoms with Gasteiger partial charge in [-0.25, -0.2) is 0 Å². The second kappa shape index (κ2) is 6.40. The molecule has 0 rings (SSSR count). The first-order chi connectivity index (χ1) is 6.88. The Bertz CT molecular complexity index is 229. The standard InChI is InChI=1S/C10H21N3O2/c1-4-8(11)10(15)13(5-7(2)3)6-9(12)14/h7-8H,4-6,11H2,1-3H3,(H2,12,14)/t8-/m0/s1. The summed E-state index contributed by atoms with van der Waals surface area (Å²) < 4.78 is 0. The van der Waals surface area contributed by atoms with Crippen molar-refractivity contribution in [3.05, 3.63) is 0 Å². The molecule has 2 amide bonds. The maximum absolute atomic E-state index is 11.7. The number of hydrogen-bond acceptors (Lipinski definition) is 3. The number of carbonyl (C=O) groups is 2. The zero-order valence-electron chi connectivity index (χ0n) is 9.69. The molecular weight excluding hydrogens is 194 g/mol. The van der Waals surface area contributed by atoms with E-state index in [1.54, 1.807) is 0 Å². The largest absolute Gasteiger partial charge is 0.368 e. The fourth-order valence-electron chi connectivity index (χ4n) is 1.27. The van der Waals surface area contributed by atoms with Crippen molar-refractivity contribution in [1.29, 1.82) is 0 Å². The number of nitrogens with two attached hydrogens (primary N) is 2. The van der Waals surface area contributed by atoms with E-state index in [9.17, 15) is 9.59 Å². The van der Waals surface area contributed by atoms with Crippen LogP contribution in [0.3, 0.4) is 0 Å². The van der Waals surface area contributed by atoms with E-state index in [1.807, 2.05) is 20.8 Å². The number of rotatable bonds is 6. The van der Waals surface area contributed by atoms with E-state index in [0.717, 1.165) is 0 Å². The molecule has 0 aromatic carbocycles. The molecule has 0 fully saturated rings. The molecule has 5 nitrogen and oxygen atoms in total. The van der Waals surface area contributed by atoms with Crippen LogP contribution in [0.5, 0.6) is 0 Å². The van der Waals surface area contributed by atoms with Gasteiger partial charge in [0, 0.05) is 6.54 Å². The first-order valence-corrected chi connectivity index (χ1v) is 5.21. The molecule has 0 aliphatic rings. The van der Waals surface area contributed by atoms with Gasteiger partial charge < -0.3 is 16.4 Å². The van der Waals surface area contributed by atoms with E-state index in [2.05, 4.69) is 0 Å². The van der Waals surface area contributed by atoms with E-state index < -0.39 is 11.9 Å². The summed E-state index contributed by atoms with van der Waals surface area (Å²) in [5, 5.41) is 0. The predicted molar refractivity (Wildman–Crippen MR) is 58.9 cm³/mol.